The number of nitrogens with one attached hydrogen (secondary N) is 1. The maximum absolute atomic E-state index is 11.6. The normalized spacial score (nSPS) is 16.8. The van der Waals surface area contributed by atoms with Gasteiger partial charge in [0, 0.05) is 35.3 Å². The Kier molecular flexibility index (Phi) is 3.69. The van der Waals surface area contributed by atoms with E-state index in [4.69, 9.17) is 4.74 Å². The molecule has 2 aromatic carbocycles. The average Bonchev–Trinajstić information content (AvgIpc) is 2.94. The molecule has 1 aliphatic rings. The predicted octanol–water partition coefficient (Wildman–Crippen LogP) is 3.23. The van der Waals surface area contributed by atoms with Crippen LogP contribution in [-0.2, 0) is 11.3 Å². The first-order chi connectivity index (χ1) is 11.8. The molecule has 1 N–H and O–H groups in total. The summed E-state index contributed by atoms with van der Waals surface area (Å²) in [6.07, 6.45) is 1.92. The molecule has 1 aromatic heterocycles. The smallest absolute Gasteiger partial charge is 0.151 e. The third-order valence-electron chi connectivity index (χ3n) is 4.44. The largest absolute Gasteiger partial charge is 0.492 e. The van der Waals surface area contributed by atoms with E-state index >= 15 is 0 Å². The summed E-state index contributed by atoms with van der Waals surface area (Å²) in [7, 11) is 0. The van der Waals surface area contributed by atoms with E-state index in [2.05, 4.69) is 18.2 Å². The van der Waals surface area contributed by atoms with Crippen molar-refractivity contribution in [1.82, 2.24) is 9.88 Å². The van der Waals surface area contributed by atoms with Crippen molar-refractivity contribution in [3.8, 4) is 5.75 Å². The van der Waals surface area contributed by atoms with Crippen molar-refractivity contribution in [1.29, 1.82) is 0 Å². The van der Waals surface area contributed by atoms with Crippen LogP contribution < -0.4 is 10.1 Å². The monoisotopic (exact) mass is 318 g/mol. The van der Waals surface area contributed by atoms with Gasteiger partial charge < -0.3 is 14.6 Å². The predicted molar refractivity (Wildman–Crippen MR) is 94.7 cm³/mol. The standard InChI is InChI=1S/C20H18N2O2/c1-14-13-24-20-8-7-18-16(17(20)11-21-14)9-10-22(18)19(12-23)15-5-3-2-4-6-15/h2-10,14,21H,11,13H2,1H3/t14-/m0/s1. The molecule has 120 valence electrons. The number of carbonyl (C=O) groups excluding carboxylic acids is 1. The van der Waals surface area contributed by atoms with Crippen LogP contribution in [0.25, 0.3) is 16.6 Å². The number of aromatic nitrogens is 1. The van der Waals surface area contributed by atoms with Gasteiger partial charge in [-0.25, -0.2) is 4.79 Å². The lowest BCUT2D eigenvalue weighted by Crippen LogP contribution is -2.28. The van der Waals surface area contributed by atoms with E-state index in [0.717, 1.165) is 34.3 Å². The molecular weight excluding hydrogens is 300 g/mol. The summed E-state index contributed by atoms with van der Waals surface area (Å²) in [6, 6.07) is 16.0. The second-order valence-corrected chi connectivity index (χ2v) is 6.07. The second kappa shape index (κ2) is 6.00. The summed E-state index contributed by atoms with van der Waals surface area (Å²) in [5.74, 6) is 3.01. The van der Waals surface area contributed by atoms with Crippen LogP contribution in [0.4, 0.5) is 0 Å². The first-order valence-corrected chi connectivity index (χ1v) is 8.08. The minimum Gasteiger partial charge on any atom is -0.492 e. The number of ether oxygens (including phenoxy) is 1. The van der Waals surface area contributed by atoms with E-state index in [9.17, 15) is 4.79 Å². The van der Waals surface area contributed by atoms with Crippen molar-refractivity contribution < 1.29 is 9.53 Å². The van der Waals surface area contributed by atoms with Gasteiger partial charge in [0.25, 0.3) is 0 Å². The SMILES string of the molecule is C[C@H]1COc2ccc3c(ccn3C(=C=O)c3ccccc3)c2CN1. The first kappa shape index (κ1) is 14.8. The summed E-state index contributed by atoms with van der Waals surface area (Å²) >= 11 is 0. The van der Waals surface area contributed by atoms with E-state index in [0.29, 0.717) is 18.3 Å². The van der Waals surface area contributed by atoms with E-state index in [1.54, 1.807) is 0 Å². The zero-order chi connectivity index (χ0) is 16.5. The van der Waals surface area contributed by atoms with Crippen LogP contribution in [-0.4, -0.2) is 23.2 Å². The van der Waals surface area contributed by atoms with Crippen molar-refractivity contribution in [2.24, 2.45) is 0 Å². The molecule has 0 aliphatic carbocycles. The molecule has 1 atom stereocenters. The van der Waals surface area contributed by atoms with Gasteiger partial charge >= 0.3 is 0 Å². The van der Waals surface area contributed by atoms with Gasteiger partial charge in [0.1, 0.15) is 18.1 Å². The molecule has 2 heterocycles. The molecule has 4 rings (SSSR count). The highest BCUT2D eigenvalue weighted by Crippen LogP contribution is 2.32. The molecule has 3 aromatic rings. The average molecular weight is 318 g/mol. The number of fused-ring (bicyclic) bond motifs is 3. The van der Waals surface area contributed by atoms with Crippen molar-refractivity contribution in [3.05, 3.63) is 65.9 Å². The number of hydrogen-bond donors (Lipinski definition) is 1. The van der Waals surface area contributed by atoms with Crippen LogP contribution in [0, 0.1) is 0 Å². The zero-order valence-electron chi connectivity index (χ0n) is 13.5. The molecule has 0 fully saturated rings. The summed E-state index contributed by atoms with van der Waals surface area (Å²) < 4.78 is 7.79. The topological polar surface area (TPSA) is 43.3 Å². The van der Waals surface area contributed by atoms with Crippen LogP contribution >= 0.6 is 0 Å². The van der Waals surface area contributed by atoms with Crippen molar-refractivity contribution in [3.63, 3.8) is 0 Å². The Morgan fingerprint density at radius 1 is 1.21 bits per heavy atom. The Labute approximate surface area is 140 Å². The quantitative estimate of drug-likeness (QED) is 0.738. The summed E-state index contributed by atoms with van der Waals surface area (Å²) in [5, 5.41) is 4.55. The lowest BCUT2D eigenvalue weighted by atomic mass is 10.1. The number of hydrogen-bond acceptors (Lipinski definition) is 3. The fraction of sp³-hybridized carbons (Fsp3) is 0.200. The highest BCUT2D eigenvalue weighted by molar-refractivity contribution is 5.96. The van der Waals surface area contributed by atoms with Gasteiger partial charge in [-0.15, -0.1) is 0 Å². The van der Waals surface area contributed by atoms with Gasteiger partial charge in [-0.2, -0.15) is 0 Å². The molecule has 0 bridgehead atoms. The lowest BCUT2D eigenvalue weighted by Gasteiger charge is -2.10. The molecule has 0 spiro atoms. The Morgan fingerprint density at radius 2 is 2.04 bits per heavy atom. The van der Waals surface area contributed by atoms with Crippen LogP contribution in [0.5, 0.6) is 5.75 Å². The zero-order valence-corrected chi connectivity index (χ0v) is 13.5. The molecule has 0 saturated heterocycles. The van der Waals surface area contributed by atoms with E-state index in [-0.39, 0.29) is 0 Å². The number of rotatable bonds is 2. The second-order valence-electron chi connectivity index (χ2n) is 6.07. The summed E-state index contributed by atoms with van der Waals surface area (Å²) in [6.45, 7) is 3.52. The van der Waals surface area contributed by atoms with E-state index in [1.165, 1.54) is 0 Å². The van der Waals surface area contributed by atoms with Crippen molar-refractivity contribution >= 4 is 22.5 Å². The molecule has 4 heteroatoms. The Hall–Kier alpha value is -2.81. The van der Waals surface area contributed by atoms with Crippen LogP contribution in [0.2, 0.25) is 0 Å². The van der Waals surface area contributed by atoms with Gasteiger partial charge in [0.15, 0.2) is 5.94 Å². The van der Waals surface area contributed by atoms with Gasteiger partial charge in [-0.3, -0.25) is 0 Å². The fourth-order valence-corrected chi connectivity index (χ4v) is 3.16. The molecule has 0 unspecified atom stereocenters. The lowest BCUT2D eigenvalue weighted by molar-refractivity contribution is 0.287. The maximum Gasteiger partial charge on any atom is 0.151 e. The van der Waals surface area contributed by atoms with Crippen LogP contribution in [0.1, 0.15) is 18.1 Å². The van der Waals surface area contributed by atoms with Gasteiger partial charge in [-0.05, 0) is 25.1 Å². The van der Waals surface area contributed by atoms with E-state index in [1.807, 2.05) is 59.3 Å². The fourth-order valence-electron chi connectivity index (χ4n) is 3.16. The minimum absolute atomic E-state index is 0.310. The molecule has 0 amide bonds. The first-order valence-electron chi connectivity index (χ1n) is 8.08. The minimum atomic E-state index is 0.310. The molecule has 1 aliphatic heterocycles. The highest BCUT2D eigenvalue weighted by Gasteiger charge is 2.18. The van der Waals surface area contributed by atoms with E-state index < -0.39 is 0 Å². The Morgan fingerprint density at radius 3 is 2.83 bits per heavy atom. The Bertz CT molecular complexity index is 937. The van der Waals surface area contributed by atoms with Crippen LogP contribution in [0.15, 0.2) is 54.7 Å². The Balaban J connectivity index is 1.86. The molecule has 24 heavy (non-hydrogen) atoms. The van der Waals surface area contributed by atoms with Crippen LogP contribution in [0.3, 0.4) is 0 Å². The third-order valence-corrected chi connectivity index (χ3v) is 4.44. The molecule has 4 nitrogen and oxygen atoms in total. The number of benzene rings is 2. The van der Waals surface area contributed by atoms with Crippen molar-refractivity contribution in [2.75, 3.05) is 6.61 Å². The molecule has 0 saturated carbocycles. The molecule has 0 radical (unpaired) electrons. The van der Waals surface area contributed by atoms with Gasteiger partial charge in [0.2, 0.25) is 0 Å². The highest BCUT2D eigenvalue weighted by atomic mass is 16.5. The summed E-state index contributed by atoms with van der Waals surface area (Å²) in [4.78, 5) is 11.6. The maximum atomic E-state index is 11.6. The third kappa shape index (κ3) is 2.42. The van der Waals surface area contributed by atoms with Gasteiger partial charge in [-0.1, -0.05) is 30.3 Å². The summed E-state index contributed by atoms with van der Waals surface area (Å²) in [5.41, 5.74) is 3.48. The van der Waals surface area contributed by atoms with Crippen molar-refractivity contribution in [2.45, 2.75) is 19.5 Å². The van der Waals surface area contributed by atoms with Gasteiger partial charge in [0.05, 0.1) is 5.52 Å². The molecular formula is C20H18N2O2. The number of nitrogens with zero attached hydrogens (tertiary/aromatic N) is 1.